The summed E-state index contributed by atoms with van der Waals surface area (Å²) in [5, 5.41) is 13.9. The Morgan fingerprint density at radius 1 is 1.09 bits per heavy atom. The zero-order valence-electron chi connectivity index (χ0n) is 18.7. The van der Waals surface area contributed by atoms with E-state index < -0.39 is 0 Å². The molecular formula is C23H29N5O4S. The smallest absolute Gasteiger partial charge is 0.286 e. The molecule has 2 saturated heterocycles. The first-order chi connectivity index (χ1) is 16.0. The Hall–Kier alpha value is -2.85. The van der Waals surface area contributed by atoms with Crippen molar-refractivity contribution in [3.8, 4) is 0 Å². The van der Waals surface area contributed by atoms with Crippen LogP contribution in [0.5, 0.6) is 0 Å². The highest BCUT2D eigenvalue weighted by molar-refractivity contribution is 7.15. The minimum Gasteiger partial charge on any atom is -0.376 e. The molecule has 4 rings (SSSR count). The number of nitrogens with zero attached hydrogens (tertiary/aromatic N) is 3. The van der Waals surface area contributed by atoms with Crippen molar-refractivity contribution in [1.29, 1.82) is 0 Å². The van der Waals surface area contributed by atoms with Gasteiger partial charge in [-0.15, -0.1) is 10.2 Å². The lowest BCUT2D eigenvalue weighted by Gasteiger charge is -2.31. The molecule has 0 spiro atoms. The average molecular weight is 472 g/mol. The molecule has 1 aromatic carbocycles. The van der Waals surface area contributed by atoms with Crippen molar-refractivity contribution in [3.63, 3.8) is 0 Å². The molecule has 2 N–H and O–H groups in total. The second-order valence-corrected chi connectivity index (χ2v) is 9.59. The monoisotopic (exact) mass is 471 g/mol. The number of ether oxygens (including phenoxy) is 1. The van der Waals surface area contributed by atoms with E-state index in [-0.39, 0.29) is 39.8 Å². The van der Waals surface area contributed by atoms with Crippen molar-refractivity contribution in [2.75, 3.05) is 31.6 Å². The highest BCUT2D eigenvalue weighted by Crippen LogP contribution is 2.23. The zero-order valence-corrected chi connectivity index (χ0v) is 19.5. The van der Waals surface area contributed by atoms with Crippen molar-refractivity contribution < 1.29 is 19.1 Å². The first kappa shape index (κ1) is 23.3. The molecular weight excluding hydrogens is 442 g/mol. The summed E-state index contributed by atoms with van der Waals surface area (Å²) < 4.78 is 5.53. The molecule has 2 aromatic rings. The van der Waals surface area contributed by atoms with Crippen molar-refractivity contribution >= 4 is 34.7 Å². The van der Waals surface area contributed by atoms with E-state index in [9.17, 15) is 14.4 Å². The molecule has 176 valence electrons. The van der Waals surface area contributed by atoms with Gasteiger partial charge >= 0.3 is 0 Å². The third-order valence-electron chi connectivity index (χ3n) is 6.04. The van der Waals surface area contributed by atoms with Crippen LogP contribution in [0.1, 0.15) is 57.3 Å². The molecule has 1 aromatic heterocycles. The molecule has 0 radical (unpaired) electrons. The SMILES string of the molecule is Cc1ccc(NC(=O)c2nnc(C(=O)N3CCC(CC(=O)NC[C@H]4CCCO4)CC3)s2)cc1. The van der Waals surface area contributed by atoms with Crippen molar-refractivity contribution in [2.45, 2.75) is 45.1 Å². The quantitative estimate of drug-likeness (QED) is 0.642. The number of nitrogens with one attached hydrogen (secondary N) is 2. The van der Waals surface area contributed by atoms with Crippen molar-refractivity contribution in [1.82, 2.24) is 20.4 Å². The molecule has 1 atom stereocenters. The summed E-state index contributed by atoms with van der Waals surface area (Å²) in [5.74, 6) is -0.307. The summed E-state index contributed by atoms with van der Waals surface area (Å²) in [6.45, 7) is 4.45. The van der Waals surface area contributed by atoms with Crippen LogP contribution in [0, 0.1) is 12.8 Å². The Labute approximate surface area is 196 Å². The van der Waals surface area contributed by atoms with Crippen LogP contribution in [0.15, 0.2) is 24.3 Å². The van der Waals surface area contributed by atoms with Crippen LogP contribution in [-0.4, -0.2) is 65.2 Å². The first-order valence-corrected chi connectivity index (χ1v) is 12.2. The molecule has 0 bridgehead atoms. The van der Waals surface area contributed by atoms with E-state index in [0.717, 1.165) is 49.2 Å². The summed E-state index contributed by atoms with van der Waals surface area (Å²) in [7, 11) is 0. The van der Waals surface area contributed by atoms with Gasteiger partial charge in [0.25, 0.3) is 11.8 Å². The fraction of sp³-hybridized carbons (Fsp3) is 0.522. The summed E-state index contributed by atoms with van der Waals surface area (Å²) >= 11 is 0.994. The highest BCUT2D eigenvalue weighted by atomic mass is 32.1. The number of rotatable bonds is 7. The lowest BCUT2D eigenvalue weighted by atomic mass is 9.93. The van der Waals surface area contributed by atoms with E-state index in [1.165, 1.54) is 0 Å². The summed E-state index contributed by atoms with van der Waals surface area (Å²) in [5.41, 5.74) is 1.76. The van der Waals surface area contributed by atoms with Gasteiger partial charge in [0, 0.05) is 38.3 Å². The fourth-order valence-electron chi connectivity index (χ4n) is 4.07. The van der Waals surface area contributed by atoms with Crippen LogP contribution in [0.4, 0.5) is 5.69 Å². The van der Waals surface area contributed by atoms with Crippen LogP contribution >= 0.6 is 11.3 Å². The van der Waals surface area contributed by atoms with Gasteiger partial charge in [0.05, 0.1) is 6.10 Å². The predicted molar refractivity (Wildman–Crippen MR) is 124 cm³/mol. The molecule has 2 fully saturated rings. The Bertz CT molecular complexity index is 979. The third kappa shape index (κ3) is 6.35. The maximum Gasteiger partial charge on any atom is 0.286 e. The van der Waals surface area contributed by atoms with Gasteiger partial charge in [-0.25, -0.2) is 0 Å². The van der Waals surface area contributed by atoms with Crippen LogP contribution in [-0.2, 0) is 9.53 Å². The van der Waals surface area contributed by atoms with Crippen LogP contribution in [0.25, 0.3) is 0 Å². The zero-order chi connectivity index (χ0) is 23.2. The Morgan fingerprint density at radius 2 is 1.82 bits per heavy atom. The number of benzene rings is 1. The molecule has 0 saturated carbocycles. The second-order valence-electron chi connectivity index (χ2n) is 8.61. The van der Waals surface area contributed by atoms with Crippen LogP contribution in [0.2, 0.25) is 0 Å². The fourth-order valence-corrected chi connectivity index (χ4v) is 4.77. The van der Waals surface area contributed by atoms with Gasteiger partial charge in [0.1, 0.15) is 0 Å². The number of anilines is 1. The maximum atomic E-state index is 12.8. The van der Waals surface area contributed by atoms with Crippen LogP contribution in [0.3, 0.4) is 0 Å². The van der Waals surface area contributed by atoms with E-state index in [2.05, 4.69) is 20.8 Å². The minimum atomic E-state index is -0.386. The van der Waals surface area contributed by atoms with Gasteiger partial charge in [-0.3, -0.25) is 14.4 Å². The molecule has 0 unspecified atom stereocenters. The van der Waals surface area contributed by atoms with E-state index >= 15 is 0 Å². The van der Waals surface area contributed by atoms with E-state index in [1.807, 2.05) is 31.2 Å². The number of hydrogen-bond acceptors (Lipinski definition) is 7. The van der Waals surface area contributed by atoms with Gasteiger partial charge in [0.2, 0.25) is 15.9 Å². The van der Waals surface area contributed by atoms with Gasteiger partial charge in [-0.05, 0) is 50.7 Å². The Morgan fingerprint density at radius 3 is 2.52 bits per heavy atom. The number of hydrogen-bond donors (Lipinski definition) is 2. The molecule has 2 aliphatic heterocycles. The van der Waals surface area contributed by atoms with E-state index in [0.29, 0.717) is 31.7 Å². The lowest BCUT2D eigenvalue weighted by Crippen LogP contribution is -2.40. The topological polar surface area (TPSA) is 114 Å². The third-order valence-corrected chi connectivity index (χ3v) is 6.95. The molecule has 9 nitrogen and oxygen atoms in total. The number of aryl methyl sites for hydroxylation is 1. The molecule has 3 heterocycles. The number of piperidine rings is 1. The molecule has 33 heavy (non-hydrogen) atoms. The summed E-state index contributed by atoms with van der Waals surface area (Å²) in [6.07, 6.45) is 4.19. The molecule has 3 amide bonds. The van der Waals surface area contributed by atoms with Gasteiger partial charge in [-0.2, -0.15) is 0 Å². The normalized spacial score (nSPS) is 18.8. The average Bonchev–Trinajstić information content (AvgIpc) is 3.52. The number of likely N-dealkylation sites (tertiary alicyclic amines) is 1. The number of aromatic nitrogens is 2. The van der Waals surface area contributed by atoms with Crippen LogP contribution < -0.4 is 10.6 Å². The van der Waals surface area contributed by atoms with E-state index in [4.69, 9.17) is 4.74 Å². The molecule has 0 aliphatic carbocycles. The Balaban J connectivity index is 1.22. The lowest BCUT2D eigenvalue weighted by molar-refractivity contribution is -0.122. The number of carbonyl (C=O) groups excluding carboxylic acids is 3. The maximum absolute atomic E-state index is 12.8. The summed E-state index contributed by atoms with van der Waals surface area (Å²) in [6, 6.07) is 7.43. The Kier molecular flexibility index (Phi) is 7.66. The second kappa shape index (κ2) is 10.8. The van der Waals surface area contributed by atoms with E-state index in [1.54, 1.807) is 4.90 Å². The predicted octanol–water partition coefficient (Wildman–Crippen LogP) is 2.64. The highest BCUT2D eigenvalue weighted by Gasteiger charge is 2.28. The number of amides is 3. The summed E-state index contributed by atoms with van der Waals surface area (Å²) in [4.78, 5) is 39.2. The standard InChI is InChI=1S/C23H29N5O4S/c1-15-4-6-17(7-5-15)25-20(30)21-26-27-22(33-21)23(31)28-10-8-16(9-11-28)13-19(29)24-14-18-3-2-12-32-18/h4-7,16,18H,2-3,8-14H2,1H3,(H,24,29)(H,25,30)/t18-/m1/s1. The van der Waals surface area contributed by atoms with Crippen molar-refractivity contribution in [2.24, 2.45) is 5.92 Å². The number of carbonyl (C=O) groups is 3. The first-order valence-electron chi connectivity index (χ1n) is 11.4. The van der Waals surface area contributed by atoms with Crippen molar-refractivity contribution in [3.05, 3.63) is 39.8 Å². The molecule has 2 aliphatic rings. The largest absolute Gasteiger partial charge is 0.376 e. The van der Waals surface area contributed by atoms with Gasteiger partial charge < -0.3 is 20.3 Å². The minimum absolute atomic E-state index is 0.0450. The molecule has 10 heteroatoms. The van der Waals surface area contributed by atoms with Gasteiger partial charge in [-0.1, -0.05) is 29.0 Å². The van der Waals surface area contributed by atoms with Gasteiger partial charge in [0.15, 0.2) is 0 Å².